The molecule has 0 atom stereocenters. The van der Waals surface area contributed by atoms with Gasteiger partial charge < -0.3 is 0 Å². The number of thiophene rings is 1. The molecule has 13 heavy (non-hydrogen) atoms. The molecule has 2 heteroatoms. The van der Waals surface area contributed by atoms with E-state index in [1.54, 1.807) is 2.88 Å². The van der Waals surface area contributed by atoms with Gasteiger partial charge in [0.2, 0.25) is 0 Å². The number of rotatable bonds is 2. The monoisotopic (exact) mass is 301 g/mol. The number of hydrogen-bond donors (Lipinski definition) is 0. The van der Waals surface area contributed by atoms with Crippen LogP contribution in [0.3, 0.4) is 0 Å². The van der Waals surface area contributed by atoms with E-state index in [0.29, 0.717) is 0 Å². The summed E-state index contributed by atoms with van der Waals surface area (Å²) < 4.78 is 3.09. The third-order valence-electron chi connectivity index (χ3n) is 1.73. The summed E-state index contributed by atoms with van der Waals surface area (Å²) in [6.45, 7) is 2.20. The normalized spacial score (nSPS) is 10.5. The van der Waals surface area contributed by atoms with Crippen molar-refractivity contribution < 1.29 is 21.2 Å². The van der Waals surface area contributed by atoms with Crippen LogP contribution in [0.15, 0.2) is 41.8 Å². The summed E-state index contributed by atoms with van der Waals surface area (Å²) >= 11 is 1.96. The van der Waals surface area contributed by atoms with Gasteiger partial charge in [-0.1, -0.05) is 0 Å². The minimum atomic E-state index is 0.0631. The quantitative estimate of drug-likeness (QED) is 0.695. The van der Waals surface area contributed by atoms with Gasteiger partial charge in [-0.15, -0.1) is 0 Å². The van der Waals surface area contributed by atoms with Crippen molar-refractivity contribution in [3.8, 4) is 0 Å². The molecule has 0 aliphatic rings. The Balaban J connectivity index is 2.20. The molecule has 1 heterocycles. The Morgan fingerprint density at radius 3 is 2.46 bits per heavy atom. The summed E-state index contributed by atoms with van der Waals surface area (Å²) in [5, 5.41) is 2.19. The van der Waals surface area contributed by atoms with Crippen molar-refractivity contribution in [2.75, 3.05) is 0 Å². The third kappa shape index (κ3) is 2.31. The maximum absolute atomic E-state index is 2.23. The zero-order chi connectivity index (χ0) is 9.10. The van der Waals surface area contributed by atoms with E-state index in [-0.39, 0.29) is 21.2 Å². The Bertz CT molecular complexity index is 378. The van der Waals surface area contributed by atoms with Crippen LogP contribution in [0, 0.1) is 13.4 Å². The molecule has 0 unspecified atom stereocenters. The first kappa shape index (κ1) is 9.21. The van der Waals surface area contributed by atoms with Gasteiger partial charge in [0.1, 0.15) is 0 Å². The Morgan fingerprint density at radius 1 is 1.08 bits per heavy atom. The van der Waals surface area contributed by atoms with Crippen LogP contribution in [0.4, 0.5) is 0 Å². The average Bonchev–Trinajstić information content (AvgIpc) is 2.54. The van der Waals surface area contributed by atoms with Crippen molar-refractivity contribution in [2.24, 2.45) is 0 Å². The predicted molar refractivity (Wildman–Crippen MR) is 52.9 cm³/mol. The van der Waals surface area contributed by atoms with E-state index < -0.39 is 0 Å². The van der Waals surface area contributed by atoms with Crippen molar-refractivity contribution >= 4 is 11.3 Å². The van der Waals surface area contributed by atoms with Crippen molar-refractivity contribution in [3.05, 3.63) is 53.8 Å². The van der Waals surface area contributed by atoms with Crippen molar-refractivity contribution in [1.29, 1.82) is 0 Å². The summed E-state index contributed by atoms with van der Waals surface area (Å²) in [5.41, 5.74) is 1.46. The molecule has 2 aromatic rings. The van der Waals surface area contributed by atoms with Crippen LogP contribution in [0.1, 0.15) is 5.56 Å². The molecule has 0 spiro atoms. The molecule has 0 radical (unpaired) electrons. The summed E-state index contributed by atoms with van der Waals surface area (Å²) in [5.74, 6) is 0. The fraction of sp³-hybridized carbons (Fsp3) is 0.0909. The topological polar surface area (TPSA) is 0 Å². The van der Waals surface area contributed by atoms with Crippen LogP contribution < -0.4 is 21.2 Å². The number of benzene rings is 1. The molecule has 2 rings (SSSR count). The van der Waals surface area contributed by atoms with E-state index >= 15 is 0 Å². The standard InChI is InChI=1S/C11H10IS/c1-9-7-8-13-11(9)12-10-5-3-2-4-6-10/h2-8H,1H3/q-1. The molecule has 0 nitrogen and oxygen atoms in total. The first-order chi connectivity index (χ1) is 6.36. The van der Waals surface area contributed by atoms with E-state index in [0.717, 1.165) is 0 Å². The van der Waals surface area contributed by atoms with Gasteiger partial charge in [-0.25, -0.2) is 0 Å². The van der Waals surface area contributed by atoms with Crippen LogP contribution in [0.2, 0.25) is 0 Å². The predicted octanol–water partition coefficient (Wildman–Crippen LogP) is 0.185. The molecule has 0 saturated heterocycles. The van der Waals surface area contributed by atoms with Crippen LogP contribution in [0.5, 0.6) is 0 Å². The van der Waals surface area contributed by atoms with Gasteiger partial charge in [-0.05, 0) is 0 Å². The maximum atomic E-state index is 2.23. The molecule has 0 fully saturated rings. The molecule has 0 aliphatic heterocycles. The Morgan fingerprint density at radius 2 is 1.85 bits per heavy atom. The fourth-order valence-corrected chi connectivity index (χ4v) is 5.08. The van der Waals surface area contributed by atoms with Gasteiger partial charge in [0, 0.05) is 0 Å². The van der Waals surface area contributed by atoms with E-state index in [2.05, 4.69) is 48.7 Å². The van der Waals surface area contributed by atoms with Crippen LogP contribution in [0.25, 0.3) is 0 Å². The second kappa shape index (κ2) is 4.24. The first-order valence-electron chi connectivity index (χ1n) is 4.10. The number of hydrogen-bond acceptors (Lipinski definition) is 1. The minimum absolute atomic E-state index is 0.0631. The van der Waals surface area contributed by atoms with Gasteiger partial charge >= 0.3 is 93.3 Å². The summed E-state index contributed by atoms with van der Waals surface area (Å²) in [6.07, 6.45) is 0. The van der Waals surface area contributed by atoms with Crippen molar-refractivity contribution in [1.82, 2.24) is 0 Å². The second-order valence-electron chi connectivity index (χ2n) is 2.77. The number of halogens is 1. The molecule has 1 aromatic heterocycles. The van der Waals surface area contributed by atoms with Gasteiger partial charge in [-0.3, -0.25) is 0 Å². The molecule has 0 amide bonds. The van der Waals surface area contributed by atoms with Gasteiger partial charge in [-0.2, -0.15) is 0 Å². The molecule has 68 valence electrons. The number of aryl methyl sites for hydroxylation is 1. The Kier molecular flexibility index (Phi) is 3.01. The summed E-state index contributed by atoms with van der Waals surface area (Å²) in [6, 6.07) is 13.0. The molecule has 0 N–H and O–H groups in total. The van der Waals surface area contributed by atoms with Crippen molar-refractivity contribution in [2.45, 2.75) is 6.92 Å². The van der Waals surface area contributed by atoms with E-state index in [9.17, 15) is 0 Å². The van der Waals surface area contributed by atoms with Gasteiger partial charge in [0.05, 0.1) is 0 Å². The van der Waals surface area contributed by atoms with Crippen LogP contribution in [-0.2, 0) is 0 Å². The first-order valence-corrected chi connectivity index (χ1v) is 7.14. The van der Waals surface area contributed by atoms with Gasteiger partial charge in [0.25, 0.3) is 0 Å². The summed E-state index contributed by atoms with van der Waals surface area (Å²) in [7, 11) is 0. The van der Waals surface area contributed by atoms with E-state index in [4.69, 9.17) is 0 Å². The van der Waals surface area contributed by atoms with Crippen molar-refractivity contribution in [3.63, 3.8) is 0 Å². The zero-order valence-electron chi connectivity index (χ0n) is 7.33. The molecule has 1 aromatic carbocycles. The van der Waals surface area contributed by atoms with Crippen LogP contribution in [-0.4, -0.2) is 0 Å². The SMILES string of the molecule is Cc1ccsc1[I-]c1ccccc1. The zero-order valence-corrected chi connectivity index (χ0v) is 10.3. The fourth-order valence-electron chi connectivity index (χ4n) is 1.03. The third-order valence-corrected chi connectivity index (χ3v) is 6.49. The Labute approximate surface area is 92.9 Å². The molecule has 0 saturated carbocycles. The molecular weight excluding hydrogens is 291 g/mol. The Hall–Kier alpha value is -0.350. The van der Waals surface area contributed by atoms with Gasteiger partial charge in [0.15, 0.2) is 0 Å². The van der Waals surface area contributed by atoms with E-state index in [1.165, 1.54) is 9.13 Å². The molecular formula is C11H10IS-. The van der Waals surface area contributed by atoms with Crippen LogP contribution >= 0.6 is 11.3 Å². The molecule has 0 bridgehead atoms. The average molecular weight is 301 g/mol. The van der Waals surface area contributed by atoms with E-state index in [1.807, 2.05) is 11.3 Å². The second-order valence-corrected chi connectivity index (χ2v) is 7.28. The molecule has 0 aliphatic carbocycles. The summed E-state index contributed by atoms with van der Waals surface area (Å²) in [4.78, 5) is 0.